The molecule has 4 heterocycles. The third-order valence-corrected chi connectivity index (χ3v) is 3.99. The van der Waals surface area contributed by atoms with Crippen molar-refractivity contribution < 1.29 is 0 Å². The van der Waals surface area contributed by atoms with Crippen LogP contribution >= 0.6 is 0 Å². The molecule has 1 saturated heterocycles. The van der Waals surface area contributed by atoms with Crippen molar-refractivity contribution in [3.05, 3.63) is 36.9 Å². The van der Waals surface area contributed by atoms with Gasteiger partial charge < -0.3 is 10.6 Å². The average Bonchev–Trinajstić information content (AvgIpc) is 3.16. The summed E-state index contributed by atoms with van der Waals surface area (Å²) in [6.07, 6.45) is 7.43. The Kier molecular flexibility index (Phi) is 3.73. The second-order valence-corrected chi connectivity index (χ2v) is 6.23. The van der Waals surface area contributed by atoms with Gasteiger partial charge in [0.25, 0.3) is 0 Å². The van der Waals surface area contributed by atoms with Crippen LogP contribution in [0.3, 0.4) is 0 Å². The van der Waals surface area contributed by atoms with Gasteiger partial charge in [0, 0.05) is 55.0 Å². The molecule has 0 atom stereocenters. The van der Waals surface area contributed by atoms with Crippen molar-refractivity contribution in [1.29, 1.82) is 0 Å². The van der Waals surface area contributed by atoms with E-state index in [0.29, 0.717) is 12.1 Å². The molecule has 0 unspecified atom stereocenters. The number of rotatable bonds is 5. The maximum Gasteiger partial charge on any atom is 0.155 e. The van der Waals surface area contributed by atoms with Crippen LogP contribution in [0.2, 0.25) is 0 Å². The second-order valence-electron chi connectivity index (χ2n) is 6.23. The van der Waals surface area contributed by atoms with Gasteiger partial charge in [-0.15, -0.1) is 5.10 Å². The summed E-state index contributed by atoms with van der Waals surface area (Å²) in [7, 11) is 0. The summed E-state index contributed by atoms with van der Waals surface area (Å²) >= 11 is 0. The van der Waals surface area contributed by atoms with E-state index in [1.165, 1.54) is 0 Å². The van der Waals surface area contributed by atoms with Crippen molar-refractivity contribution in [2.45, 2.75) is 25.9 Å². The lowest BCUT2D eigenvalue weighted by Gasteiger charge is -2.26. The lowest BCUT2D eigenvalue weighted by molar-refractivity contribution is 0.313. The molecule has 4 rings (SSSR count). The van der Waals surface area contributed by atoms with Crippen LogP contribution in [-0.4, -0.2) is 48.9 Å². The molecule has 24 heavy (non-hydrogen) atoms. The molecule has 0 aromatic carbocycles. The monoisotopic (exact) mass is 324 g/mol. The standard InChI is InChI=1S/C16H20N8/c1-11(2)20-14-6-16(23-5-3-4-19-23)18-9-13(14)15-10-24(22-21-15)12-7-17-8-12/h3-6,9-12,17H,7-8H2,1-2H3,(H,18,20). The number of hydrogen-bond donors (Lipinski definition) is 2. The van der Waals surface area contributed by atoms with Crippen LogP contribution in [0.15, 0.2) is 36.9 Å². The number of nitrogens with zero attached hydrogens (tertiary/aromatic N) is 6. The molecule has 2 N–H and O–H groups in total. The first-order chi connectivity index (χ1) is 11.7. The zero-order valence-electron chi connectivity index (χ0n) is 13.7. The molecule has 0 aliphatic carbocycles. The predicted octanol–water partition coefficient (Wildman–Crippen LogP) is 1.49. The fourth-order valence-corrected chi connectivity index (χ4v) is 2.65. The Labute approximate surface area is 139 Å². The summed E-state index contributed by atoms with van der Waals surface area (Å²) in [5.41, 5.74) is 2.74. The van der Waals surface area contributed by atoms with E-state index in [9.17, 15) is 0 Å². The summed E-state index contributed by atoms with van der Waals surface area (Å²) in [4.78, 5) is 4.52. The molecule has 8 heteroatoms. The van der Waals surface area contributed by atoms with E-state index in [0.717, 1.165) is 35.9 Å². The first-order valence-electron chi connectivity index (χ1n) is 8.10. The van der Waals surface area contributed by atoms with Crippen LogP contribution in [-0.2, 0) is 0 Å². The molecule has 8 nitrogen and oxygen atoms in total. The highest BCUT2D eigenvalue weighted by Gasteiger charge is 2.21. The number of aromatic nitrogens is 6. The van der Waals surface area contributed by atoms with Gasteiger partial charge in [-0.1, -0.05) is 5.21 Å². The summed E-state index contributed by atoms with van der Waals surface area (Å²) < 4.78 is 3.67. The Hall–Kier alpha value is -2.74. The maximum absolute atomic E-state index is 4.52. The van der Waals surface area contributed by atoms with Crippen LogP contribution in [0.4, 0.5) is 5.69 Å². The minimum atomic E-state index is 0.294. The van der Waals surface area contributed by atoms with Gasteiger partial charge in [0.05, 0.1) is 12.2 Å². The Bertz CT molecular complexity index is 816. The third-order valence-electron chi connectivity index (χ3n) is 3.99. The van der Waals surface area contributed by atoms with Crippen LogP contribution in [0.1, 0.15) is 19.9 Å². The molecule has 0 spiro atoms. The van der Waals surface area contributed by atoms with E-state index in [1.54, 1.807) is 10.9 Å². The smallest absolute Gasteiger partial charge is 0.155 e. The molecule has 3 aromatic rings. The van der Waals surface area contributed by atoms with Gasteiger partial charge in [-0.25, -0.2) is 14.3 Å². The lowest BCUT2D eigenvalue weighted by Crippen LogP contribution is -2.43. The van der Waals surface area contributed by atoms with Crippen molar-refractivity contribution in [3.63, 3.8) is 0 Å². The molecule has 0 radical (unpaired) electrons. The average molecular weight is 324 g/mol. The molecule has 3 aromatic heterocycles. The SMILES string of the molecule is CC(C)Nc1cc(-n2cccn2)ncc1-c1cn(C2CNC2)nn1. The highest BCUT2D eigenvalue weighted by atomic mass is 15.5. The fourth-order valence-electron chi connectivity index (χ4n) is 2.65. The van der Waals surface area contributed by atoms with Crippen molar-refractivity contribution in [3.8, 4) is 17.1 Å². The summed E-state index contributed by atoms with van der Waals surface area (Å²) in [5.74, 6) is 0.766. The molecule has 1 aliphatic heterocycles. The summed E-state index contributed by atoms with van der Waals surface area (Å²) in [6, 6.07) is 4.56. The van der Waals surface area contributed by atoms with Gasteiger partial charge in [-0.3, -0.25) is 0 Å². The Morgan fingerprint density at radius 2 is 2.21 bits per heavy atom. The van der Waals surface area contributed by atoms with Crippen molar-refractivity contribution in [2.75, 3.05) is 18.4 Å². The first-order valence-corrected chi connectivity index (χ1v) is 8.10. The zero-order valence-corrected chi connectivity index (χ0v) is 13.7. The lowest BCUT2D eigenvalue weighted by atomic mass is 10.1. The Balaban J connectivity index is 1.71. The van der Waals surface area contributed by atoms with Crippen molar-refractivity contribution in [1.82, 2.24) is 35.1 Å². The number of pyridine rings is 1. The molecule has 0 bridgehead atoms. The number of anilines is 1. The molecule has 0 amide bonds. The number of hydrogen-bond acceptors (Lipinski definition) is 6. The molecule has 0 saturated carbocycles. The topological polar surface area (TPSA) is 85.5 Å². The largest absolute Gasteiger partial charge is 0.382 e. The molecular weight excluding hydrogens is 304 g/mol. The van der Waals surface area contributed by atoms with E-state index >= 15 is 0 Å². The van der Waals surface area contributed by atoms with E-state index in [4.69, 9.17) is 0 Å². The third kappa shape index (κ3) is 2.76. The predicted molar refractivity (Wildman–Crippen MR) is 91.0 cm³/mol. The van der Waals surface area contributed by atoms with E-state index in [-0.39, 0.29) is 0 Å². The van der Waals surface area contributed by atoms with E-state index < -0.39 is 0 Å². The van der Waals surface area contributed by atoms with Gasteiger partial charge in [-0.2, -0.15) is 5.10 Å². The second kappa shape index (κ2) is 6.04. The van der Waals surface area contributed by atoms with Gasteiger partial charge in [0.15, 0.2) is 5.82 Å². The van der Waals surface area contributed by atoms with E-state index in [1.807, 2.05) is 35.4 Å². The van der Waals surface area contributed by atoms with Crippen LogP contribution in [0.25, 0.3) is 17.1 Å². The molecule has 1 fully saturated rings. The van der Waals surface area contributed by atoms with Gasteiger partial charge >= 0.3 is 0 Å². The van der Waals surface area contributed by atoms with Gasteiger partial charge in [-0.05, 0) is 19.9 Å². The number of nitrogens with one attached hydrogen (secondary N) is 2. The maximum atomic E-state index is 4.52. The van der Waals surface area contributed by atoms with Crippen LogP contribution < -0.4 is 10.6 Å². The molecular formula is C16H20N8. The highest BCUT2D eigenvalue weighted by Crippen LogP contribution is 2.28. The fraction of sp³-hybridized carbons (Fsp3) is 0.375. The highest BCUT2D eigenvalue weighted by molar-refractivity contribution is 5.75. The van der Waals surface area contributed by atoms with Crippen molar-refractivity contribution >= 4 is 5.69 Å². The van der Waals surface area contributed by atoms with Crippen LogP contribution in [0, 0.1) is 0 Å². The quantitative estimate of drug-likeness (QED) is 0.739. The van der Waals surface area contributed by atoms with Crippen LogP contribution in [0.5, 0.6) is 0 Å². The first kappa shape index (κ1) is 14.8. The van der Waals surface area contributed by atoms with Gasteiger partial charge in [0.2, 0.25) is 0 Å². The molecule has 1 aliphatic rings. The summed E-state index contributed by atoms with van der Waals surface area (Å²) in [6.45, 7) is 6.09. The normalized spacial score (nSPS) is 14.8. The Morgan fingerprint density at radius 1 is 1.33 bits per heavy atom. The van der Waals surface area contributed by atoms with E-state index in [2.05, 4.69) is 44.9 Å². The summed E-state index contributed by atoms with van der Waals surface area (Å²) in [5, 5.41) is 19.6. The zero-order chi connectivity index (χ0) is 16.5. The Morgan fingerprint density at radius 3 is 2.88 bits per heavy atom. The molecule has 124 valence electrons. The van der Waals surface area contributed by atoms with Crippen molar-refractivity contribution in [2.24, 2.45) is 0 Å². The van der Waals surface area contributed by atoms with Gasteiger partial charge in [0.1, 0.15) is 5.69 Å². The minimum Gasteiger partial charge on any atom is -0.382 e. The minimum absolute atomic E-state index is 0.294.